The molecule has 0 saturated carbocycles. The third kappa shape index (κ3) is 3.37. The molecular weight excluding hydrogens is 445 g/mol. The molecule has 4 rings (SSSR count). The summed E-state index contributed by atoms with van der Waals surface area (Å²) in [6.07, 6.45) is 4.85. The van der Waals surface area contributed by atoms with Gasteiger partial charge >= 0.3 is 0 Å². The molecule has 4 heterocycles. The van der Waals surface area contributed by atoms with E-state index in [0.717, 1.165) is 31.5 Å². The van der Waals surface area contributed by atoms with Gasteiger partial charge in [0.05, 0.1) is 12.4 Å². The molecule has 2 N–H and O–H groups in total. The van der Waals surface area contributed by atoms with Gasteiger partial charge in [0, 0.05) is 12.7 Å². The number of pyridine rings is 1. The van der Waals surface area contributed by atoms with Crippen molar-refractivity contribution in [2.24, 2.45) is 0 Å². The predicted molar refractivity (Wildman–Crippen MR) is 95.4 cm³/mol. The highest BCUT2D eigenvalue weighted by Gasteiger charge is 2.35. The molecule has 1 saturated heterocycles. The number of hydrogen-bond donors (Lipinski definition) is 2. The summed E-state index contributed by atoms with van der Waals surface area (Å²) in [5.74, 6) is -0.992. The van der Waals surface area contributed by atoms with Gasteiger partial charge < -0.3 is 10.1 Å². The van der Waals surface area contributed by atoms with Gasteiger partial charge in [0.1, 0.15) is 23.2 Å². The molecule has 2 aromatic heterocycles. The van der Waals surface area contributed by atoms with Gasteiger partial charge in [-0.15, -0.1) is 0 Å². The second-order valence-corrected chi connectivity index (χ2v) is 6.87. The van der Waals surface area contributed by atoms with Crippen molar-refractivity contribution in [1.29, 1.82) is 0 Å². The van der Waals surface area contributed by atoms with E-state index in [1.54, 1.807) is 5.01 Å². The first-order valence-corrected chi connectivity index (χ1v) is 9.07. The summed E-state index contributed by atoms with van der Waals surface area (Å²) in [7, 11) is 0. The van der Waals surface area contributed by atoms with Crippen LogP contribution in [0.1, 0.15) is 29.0 Å². The Morgan fingerprint density at radius 1 is 1.36 bits per heavy atom. The molecule has 2 aromatic rings. The monoisotopic (exact) mass is 461 g/mol. The van der Waals surface area contributed by atoms with Gasteiger partial charge in [-0.1, -0.05) is 22.6 Å². The molecule has 0 bridgehead atoms. The minimum absolute atomic E-state index is 0.145. The summed E-state index contributed by atoms with van der Waals surface area (Å²) < 4.78 is 40.6. The Bertz CT molecular complexity index is 825. The van der Waals surface area contributed by atoms with Crippen molar-refractivity contribution >= 4 is 40.0 Å². The van der Waals surface area contributed by atoms with Crippen LogP contribution in [0.5, 0.6) is 0 Å². The summed E-state index contributed by atoms with van der Waals surface area (Å²) in [4.78, 5) is 12.5. The van der Waals surface area contributed by atoms with Crippen LogP contribution >= 0.6 is 22.6 Å². The number of halogens is 3. The van der Waals surface area contributed by atoms with Gasteiger partial charge in [0.25, 0.3) is 0 Å². The molecule has 10 heteroatoms. The lowest BCUT2D eigenvalue weighted by atomic mass is 10.2. The van der Waals surface area contributed by atoms with Crippen molar-refractivity contribution in [1.82, 2.24) is 20.4 Å². The Labute approximate surface area is 157 Å². The fraction of sp³-hybridized carbons (Fsp3) is 0.400. The lowest BCUT2D eigenvalue weighted by Gasteiger charge is -2.32. The summed E-state index contributed by atoms with van der Waals surface area (Å²) >= 11 is 2.11. The fourth-order valence-electron chi connectivity index (χ4n) is 2.76. The van der Waals surface area contributed by atoms with Crippen LogP contribution in [0.25, 0.3) is 0 Å². The average Bonchev–Trinajstić information content (AvgIpc) is 2.89. The number of anilines is 3. The number of ether oxygens (including phenoxy) is 1. The second kappa shape index (κ2) is 6.92. The maximum Gasteiger partial charge on any atom is 0.171 e. The standard InChI is InChI=1S/C15H15F2IN6O/c16-8-5-9(17)14(20-6-8)21-10-7-19-12-13(18)23-24(15(12)22-10)11-3-1-2-4-25-11/h5-7,11,13,23H,1-4H2,(H,20,21,22)/i/hD. The molecule has 2 unspecified atom stereocenters. The van der Waals surface area contributed by atoms with E-state index in [0.29, 0.717) is 18.1 Å². The molecule has 0 aromatic carbocycles. The maximum absolute atomic E-state index is 13.8. The molecule has 0 amide bonds. The highest BCUT2D eigenvalue weighted by atomic mass is 127. The number of rotatable bonds is 3. The third-order valence-electron chi connectivity index (χ3n) is 3.93. The number of hydrogen-bond acceptors (Lipinski definition) is 7. The predicted octanol–water partition coefficient (Wildman–Crippen LogP) is 3.18. The molecule has 7 nitrogen and oxygen atoms in total. The zero-order valence-electron chi connectivity index (χ0n) is 14.0. The first-order chi connectivity index (χ1) is 12.5. The van der Waals surface area contributed by atoms with E-state index < -0.39 is 11.6 Å². The summed E-state index contributed by atoms with van der Waals surface area (Å²) in [6, 6.07) is 0.741. The van der Waals surface area contributed by atoms with E-state index in [9.17, 15) is 8.78 Å². The quantitative estimate of drug-likeness (QED) is 0.413. The van der Waals surface area contributed by atoms with Crippen LogP contribution in [0.3, 0.4) is 0 Å². The van der Waals surface area contributed by atoms with Crippen LogP contribution in [-0.4, -0.2) is 27.8 Å². The first-order valence-electron chi connectivity index (χ1n) is 8.27. The average molecular weight is 461 g/mol. The lowest BCUT2D eigenvalue weighted by molar-refractivity contribution is 0.00895. The van der Waals surface area contributed by atoms with Crippen molar-refractivity contribution in [2.45, 2.75) is 29.5 Å². The zero-order valence-corrected chi connectivity index (χ0v) is 15.2. The smallest absolute Gasteiger partial charge is 0.171 e. The van der Waals surface area contributed by atoms with E-state index >= 15 is 0 Å². The largest absolute Gasteiger partial charge is 0.357 e. The van der Waals surface area contributed by atoms with Crippen molar-refractivity contribution < 1.29 is 14.9 Å². The lowest BCUT2D eigenvalue weighted by Crippen LogP contribution is -2.45. The number of hydrazine groups is 1. The summed E-state index contributed by atoms with van der Waals surface area (Å²) in [5.41, 5.74) is 1.93. The van der Waals surface area contributed by atoms with Crippen molar-refractivity contribution in [2.75, 3.05) is 16.9 Å². The number of alkyl halides is 1. The van der Waals surface area contributed by atoms with Gasteiger partial charge in [0.15, 0.2) is 23.3 Å². The van der Waals surface area contributed by atoms with Gasteiger partial charge in [0.2, 0.25) is 0 Å². The molecule has 1 fully saturated rings. The summed E-state index contributed by atoms with van der Waals surface area (Å²) in [5, 5.41) is 4.37. The number of aromatic nitrogens is 3. The van der Waals surface area contributed by atoms with Crippen LogP contribution < -0.4 is 15.7 Å². The van der Waals surface area contributed by atoms with Crippen molar-refractivity contribution in [3.8, 4) is 0 Å². The highest BCUT2D eigenvalue weighted by Crippen LogP contribution is 2.37. The second-order valence-electron chi connectivity index (χ2n) is 5.69. The fourth-order valence-corrected chi connectivity index (χ4v) is 3.47. The first kappa shape index (κ1) is 15.6. The van der Waals surface area contributed by atoms with E-state index in [1.165, 1.54) is 11.6 Å². The molecule has 25 heavy (non-hydrogen) atoms. The Hall–Kier alpha value is -1.66. The topological polar surface area (TPSA) is 75.2 Å². The van der Waals surface area contributed by atoms with E-state index in [-0.39, 0.29) is 21.9 Å². The molecule has 0 spiro atoms. The number of fused-ring (bicyclic) bond motifs is 1. The van der Waals surface area contributed by atoms with E-state index in [2.05, 4.69) is 42.9 Å². The molecule has 0 radical (unpaired) electrons. The molecular formula is C15H15F2IN6O. The van der Waals surface area contributed by atoms with Crippen LogP contribution in [0.15, 0.2) is 18.5 Å². The van der Waals surface area contributed by atoms with Gasteiger partial charge in [-0.25, -0.2) is 24.2 Å². The normalized spacial score (nSPS) is 24.1. The Morgan fingerprint density at radius 2 is 2.24 bits per heavy atom. The van der Waals surface area contributed by atoms with E-state index in [1.807, 2.05) is 0 Å². The molecule has 132 valence electrons. The molecule has 2 atom stereocenters. The molecule has 2 aliphatic heterocycles. The van der Waals surface area contributed by atoms with Gasteiger partial charge in [-0.2, -0.15) is 0 Å². The Morgan fingerprint density at radius 3 is 3.00 bits per heavy atom. The number of nitrogens with zero attached hydrogens (tertiary/aromatic N) is 4. The summed E-state index contributed by atoms with van der Waals surface area (Å²) in [6.45, 7) is 0.631. The zero-order chi connectivity index (χ0) is 18.3. The van der Waals surface area contributed by atoms with Crippen LogP contribution in [0.4, 0.5) is 26.2 Å². The SMILES string of the molecule is [2H]N1C(I)c2ncc(Nc3ncc(F)cc3F)nc2N1C1CCCCO1. The van der Waals surface area contributed by atoms with Crippen LogP contribution in [0, 0.1) is 11.6 Å². The van der Waals surface area contributed by atoms with Crippen molar-refractivity contribution in [3.63, 3.8) is 0 Å². The molecule has 0 aliphatic carbocycles. The Balaban J connectivity index is 1.65. The number of nitrogens with one attached hydrogen (secondary N) is 2. The van der Waals surface area contributed by atoms with Gasteiger partial charge in [-0.3, -0.25) is 9.99 Å². The maximum atomic E-state index is 13.8. The minimum atomic E-state index is -0.825. The van der Waals surface area contributed by atoms with Crippen LogP contribution in [0.2, 0.25) is 1.41 Å². The van der Waals surface area contributed by atoms with E-state index in [4.69, 9.17) is 6.15 Å². The van der Waals surface area contributed by atoms with Crippen LogP contribution in [-0.2, 0) is 4.74 Å². The minimum Gasteiger partial charge on any atom is -0.357 e. The third-order valence-corrected chi connectivity index (χ3v) is 4.77. The van der Waals surface area contributed by atoms with Crippen molar-refractivity contribution in [3.05, 3.63) is 35.8 Å². The van der Waals surface area contributed by atoms with Gasteiger partial charge in [-0.05, 0) is 19.3 Å². The molecule has 2 aliphatic rings. The Kier molecular flexibility index (Phi) is 4.31. The highest BCUT2D eigenvalue weighted by molar-refractivity contribution is 14.1.